The Kier molecular flexibility index (Phi) is 5.08. The second-order valence-corrected chi connectivity index (χ2v) is 6.11. The van der Waals surface area contributed by atoms with E-state index in [1.54, 1.807) is 10.6 Å². The molecule has 0 bridgehead atoms. The lowest BCUT2D eigenvalue weighted by Crippen LogP contribution is -2.12. The molecule has 0 unspecified atom stereocenters. The molecule has 0 amide bonds. The molecule has 0 atom stereocenters. The van der Waals surface area contributed by atoms with Gasteiger partial charge in [0.25, 0.3) is 0 Å². The van der Waals surface area contributed by atoms with E-state index < -0.39 is 11.6 Å². The number of fused-ring (bicyclic) bond motifs is 1. The lowest BCUT2D eigenvalue weighted by molar-refractivity contribution is 0.589. The summed E-state index contributed by atoms with van der Waals surface area (Å²) >= 11 is 6.25. The molecule has 3 aromatic rings. The Hall–Kier alpha value is -2.34. The van der Waals surface area contributed by atoms with E-state index in [-0.39, 0.29) is 22.0 Å². The molecule has 0 saturated carbocycles. The molecule has 3 rings (SSSR count). The molecule has 4 nitrogen and oxygen atoms in total. The molecule has 0 aliphatic heterocycles. The SMILES string of the molecule is CCCCCC(=N)c1c(-c2c(F)cccc2F)c(Cl)nc2nccn12. The molecule has 1 N–H and O–H groups in total. The van der Waals surface area contributed by atoms with E-state index in [4.69, 9.17) is 17.0 Å². The number of aromatic nitrogens is 3. The molecule has 0 aliphatic carbocycles. The minimum absolute atomic E-state index is 0.0714. The largest absolute Gasteiger partial charge is 0.303 e. The van der Waals surface area contributed by atoms with Gasteiger partial charge >= 0.3 is 0 Å². The topological polar surface area (TPSA) is 54.0 Å². The van der Waals surface area contributed by atoms with Crippen LogP contribution in [0.4, 0.5) is 8.78 Å². The molecule has 0 spiro atoms. The monoisotopic (exact) mass is 362 g/mol. The van der Waals surface area contributed by atoms with Crippen LogP contribution in [-0.4, -0.2) is 20.1 Å². The number of hydrogen-bond acceptors (Lipinski definition) is 3. The highest BCUT2D eigenvalue weighted by atomic mass is 35.5. The molecule has 0 radical (unpaired) electrons. The van der Waals surface area contributed by atoms with Crippen LogP contribution in [0.15, 0.2) is 30.6 Å². The zero-order valence-electron chi connectivity index (χ0n) is 13.7. The van der Waals surface area contributed by atoms with Crippen LogP contribution in [-0.2, 0) is 0 Å². The van der Waals surface area contributed by atoms with Gasteiger partial charge in [0.1, 0.15) is 16.8 Å². The summed E-state index contributed by atoms with van der Waals surface area (Å²) in [4.78, 5) is 8.20. The van der Waals surface area contributed by atoms with E-state index in [2.05, 4.69) is 16.9 Å². The van der Waals surface area contributed by atoms with Gasteiger partial charge in [0.2, 0.25) is 5.78 Å². The van der Waals surface area contributed by atoms with Gasteiger partial charge in [0.05, 0.1) is 22.5 Å². The lowest BCUT2D eigenvalue weighted by atomic mass is 9.99. The Labute approximate surface area is 149 Å². The summed E-state index contributed by atoms with van der Waals surface area (Å²) in [5.74, 6) is -1.20. The highest BCUT2D eigenvalue weighted by Gasteiger charge is 2.24. The smallest absolute Gasteiger partial charge is 0.235 e. The van der Waals surface area contributed by atoms with Crippen LogP contribution >= 0.6 is 11.6 Å². The molecule has 0 fully saturated rings. The zero-order chi connectivity index (χ0) is 18.0. The molecule has 2 heterocycles. The third kappa shape index (κ3) is 3.26. The Morgan fingerprint density at radius 2 is 1.92 bits per heavy atom. The van der Waals surface area contributed by atoms with Gasteiger partial charge in [0, 0.05) is 12.4 Å². The molecule has 130 valence electrons. The normalized spacial score (nSPS) is 11.2. The predicted molar refractivity (Wildman–Crippen MR) is 94.3 cm³/mol. The Morgan fingerprint density at radius 3 is 2.60 bits per heavy atom. The quantitative estimate of drug-likeness (QED) is 0.368. The minimum atomic E-state index is -0.745. The van der Waals surface area contributed by atoms with E-state index >= 15 is 0 Å². The molecular formula is C18H17ClF2N4. The first-order chi connectivity index (χ1) is 12.0. The van der Waals surface area contributed by atoms with Gasteiger partial charge < -0.3 is 5.41 Å². The maximum atomic E-state index is 14.4. The average Bonchev–Trinajstić information content (AvgIpc) is 3.02. The van der Waals surface area contributed by atoms with Crippen LogP contribution in [0.1, 0.15) is 38.3 Å². The van der Waals surface area contributed by atoms with Gasteiger partial charge in [-0.05, 0) is 25.0 Å². The van der Waals surface area contributed by atoms with Crippen molar-refractivity contribution in [3.8, 4) is 11.1 Å². The van der Waals surface area contributed by atoms with Crippen LogP contribution in [0.25, 0.3) is 16.9 Å². The van der Waals surface area contributed by atoms with Gasteiger partial charge in [-0.3, -0.25) is 4.40 Å². The summed E-state index contributed by atoms with van der Waals surface area (Å²) < 4.78 is 30.3. The molecule has 0 aliphatic rings. The van der Waals surface area contributed by atoms with Crippen molar-refractivity contribution in [2.75, 3.05) is 0 Å². The summed E-state index contributed by atoms with van der Waals surface area (Å²) in [5, 5.41) is 8.41. The number of imidazole rings is 1. The van der Waals surface area contributed by atoms with E-state index in [1.807, 2.05) is 0 Å². The van der Waals surface area contributed by atoms with Crippen molar-refractivity contribution in [1.82, 2.24) is 14.4 Å². The van der Waals surface area contributed by atoms with Crippen molar-refractivity contribution < 1.29 is 8.78 Å². The van der Waals surface area contributed by atoms with E-state index in [0.717, 1.165) is 31.4 Å². The third-order valence-corrected chi connectivity index (χ3v) is 4.31. The van der Waals surface area contributed by atoms with E-state index in [0.29, 0.717) is 17.9 Å². The fraction of sp³-hybridized carbons (Fsp3) is 0.278. The highest BCUT2D eigenvalue weighted by Crippen LogP contribution is 2.35. The average molecular weight is 363 g/mol. The van der Waals surface area contributed by atoms with Crippen molar-refractivity contribution in [3.63, 3.8) is 0 Å². The summed E-state index contributed by atoms with van der Waals surface area (Å²) in [6.45, 7) is 2.07. The lowest BCUT2D eigenvalue weighted by Gasteiger charge is -2.15. The molecule has 0 saturated heterocycles. The summed E-state index contributed by atoms with van der Waals surface area (Å²) in [7, 11) is 0. The summed E-state index contributed by atoms with van der Waals surface area (Å²) in [6.07, 6.45) is 6.40. The summed E-state index contributed by atoms with van der Waals surface area (Å²) in [5.41, 5.74) is 0.390. The molecule has 2 aromatic heterocycles. The van der Waals surface area contributed by atoms with Crippen LogP contribution in [0.3, 0.4) is 0 Å². The van der Waals surface area contributed by atoms with Gasteiger partial charge in [-0.1, -0.05) is 37.4 Å². The van der Waals surface area contributed by atoms with Crippen LogP contribution in [0, 0.1) is 17.0 Å². The molecule has 7 heteroatoms. The Balaban J connectivity index is 2.25. The maximum Gasteiger partial charge on any atom is 0.235 e. The number of halogens is 3. The number of hydrogen-bond donors (Lipinski definition) is 1. The second-order valence-electron chi connectivity index (χ2n) is 5.76. The van der Waals surface area contributed by atoms with E-state index in [1.165, 1.54) is 12.3 Å². The first kappa shape index (κ1) is 17.5. The summed E-state index contributed by atoms with van der Waals surface area (Å²) in [6, 6.07) is 3.62. The number of rotatable bonds is 6. The fourth-order valence-corrected chi connectivity index (χ4v) is 3.10. The van der Waals surface area contributed by atoms with E-state index in [9.17, 15) is 8.78 Å². The van der Waals surface area contributed by atoms with Crippen molar-refractivity contribution in [1.29, 1.82) is 5.41 Å². The Morgan fingerprint density at radius 1 is 1.20 bits per heavy atom. The van der Waals surface area contributed by atoms with Crippen molar-refractivity contribution in [2.24, 2.45) is 0 Å². The number of unbranched alkanes of at least 4 members (excludes halogenated alkanes) is 2. The standard InChI is InChI=1S/C18H17ClF2N4/c1-2-3-4-8-13(22)16-15(14-11(20)6-5-7-12(14)21)17(19)24-18-23-9-10-25(16)18/h5-7,9-10,22H,2-4,8H2,1H3. The molecular weight excluding hydrogens is 346 g/mol. The molecule has 25 heavy (non-hydrogen) atoms. The van der Waals surface area contributed by atoms with Crippen molar-refractivity contribution in [2.45, 2.75) is 32.6 Å². The van der Waals surface area contributed by atoms with Gasteiger partial charge in [-0.25, -0.2) is 13.8 Å². The highest BCUT2D eigenvalue weighted by molar-refractivity contribution is 6.33. The predicted octanol–water partition coefficient (Wildman–Crippen LogP) is 5.28. The third-order valence-electron chi connectivity index (χ3n) is 4.03. The van der Waals surface area contributed by atoms with Crippen LogP contribution in [0.2, 0.25) is 5.15 Å². The van der Waals surface area contributed by atoms with Gasteiger partial charge in [0.15, 0.2) is 0 Å². The first-order valence-corrected chi connectivity index (χ1v) is 8.47. The second kappa shape index (κ2) is 7.27. The zero-order valence-corrected chi connectivity index (χ0v) is 14.4. The van der Waals surface area contributed by atoms with Gasteiger partial charge in [-0.15, -0.1) is 0 Å². The first-order valence-electron chi connectivity index (χ1n) is 8.09. The van der Waals surface area contributed by atoms with Crippen molar-refractivity contribution >= 4 is 23.1 Å². The molecule has 1 aromatic carbocycles. The number of nitrogens with one attached hydrogen (secondary N) is 1. The number of benzene rings is 1. The van der Waals surface area contributed by atoms with Crippen molar-refractivity contribution in [3.05, 3.63) is 53.1 Å². The minimum Gasteiger partial charge on any atom is -0.303 e. The number of nitrogens with zero attached hydrogens (tertiary/aromatic N) is 3. The maximum absolute atomic E-state index is 14.4. The fourth-order valence-electron chi connectivity index (χ4n) is 2.84. The van der Waals surface area contributed by atoms with Crippen LogP contribution < -0.4 is 0 Å². The Bertz CT molecular complexity index is 916. The van der Waals surface area contributed by atoms with Crippen LogP contribution in [0.5, 0.6) is 0 Å². The van der Waals surface area contributed by atoms with Gasteiger partial charge in [-0.2, -0.15) is 4.98 Å².